The van der Waals surface area contributed by atoms with Crippen molar-refractivity contribution in [3.05, 3.63) is 35.5 Å². The number of rotatable bonds is 7. The van der Waals surface area contributed by atoms with Crippen molar-refractivity contribution in [3.63, 3.8) is 0 Å². The van der Waals surface area contributed by atoms with Gasteiger partial charge in [0.15, 0.2) is 5.82 Å². The third-order valence-corrected chi connectivity index (χ3v) is 2.74. The molecule has 2 aromatic rings. The monoisotopic (exact) mass is 293 g/mol. The van der Waals surface area contributed by atoms with Gasteiger partial charge in [-0.1, -0.05) is 11.6 Å². The zero-order valence-corrected chi connectivity index (χ0v) is 11.9. The average Bonchev–Trinajstić information content (AvgIpc) is 2.47. The topological polar surface area (TPSA) is 72.0 Å². The molecule has 0 bridgehead atoms. The lowest BCUT2D eigenvalue weighted by molar-refractivity contribution is 0.197. The molecule has 1 heterocycles. The molecule has 106 valence electrons. The van der Waals surface area contributed by atoms with Crippen molar-refractivity contribution in [2.24, 2.45) is 0 Å². The maximum Gasteiger partial charge on any atom is 0.244 e. The third-order valence-electron chi connectivity index (χ3n) is 2.48. The Labute approximate surface area is 122 Å². The molecule has 0 radical (unpaired) electrons. The smallest absolute Gasteiger partial charge is 0.244 e. The van der Waals surface area contributed by atoms with E-state index >= 15 is 0 Å². The van der Waals surface area contributed by atoms with Gasteiger partial charge in [-0.15, -0.1) is 5.10 Å². The minimum Gasteiger partial charge on any atom is -0.385 e. The van der Waals surface area contributed by atoms with Crippen LogP contribution in [0.3, 0.4) is 0 Å². The molecule has 2 N–H and O–H groups in total. The van der Waals surface area contributed by atoms with E-state index in [1.165, 1.54) is 0 Å². The van der Waals surface area contributed by atoms with Gasteiger partial charge in [0.1, 0.15) is 0 Å². The van der Waals surface area contributed by atoms with Gasteiger partial charge in [0.2, 0.25) is 5.95 Å². The van der Waals surface area contributed by atoms with E-state index in [2.05, 4.69) is 25.8 Å². The van der Waals surface area contributed by atoms with Crippen LogP contribution >= 0.6 is 11.6 Å². The summed E-state index contributed by atoms with van der Waals surface area (Å²) in [5.74, 6) is 1.11. The molecule has 1 aromatic carbocycles. The normalized spacial score (nSPS) is 10.3. The summed E-state index contributed by atoms with van der Waals surface area (Å²) in [6.07, 6.45) is 2.45. The van der Waals surface area contributed by atoms with Crippen LogP contribution in [0.1, 0.15) is 6.42 Å². The second-order valence-corrected chi connectivity index (χ2v) is 4.51. The minimum absolute atomic E-state index is 0.486. The molecule has 20 heavy (non-hydrogen) atoms. The van der Waals surface area contributed by atoms with Crippen molar-refractivity contribution in [2.45, 2.75) is 6.42 Å². The third kappa shape index (κ3) is 4.64. The van der Waals surface area contributed by atoms with Gasteiger partial charge in [-0.05, 0) is 30.7 Å². The number of aromatic nitrogens is 3. The molecule has 2 rings (SSSR count). The van der Waals surface area contributed by atoms with Crippen LogP contribution in [0.2, 0.25) is 5.02 Å². The molecular weight excluding hydrogens is 278 g/mol. The summed E-state index contributed by atoms with van der Waals surface area (Å²) >= 11 is 5.84. The summed E-state index contributed by atoms with van der Waals surface area (Å²) in [5.41, 5.74) is 0.889. The molecule has 0 saturated carbocycles. The van der Waals surface area contributed by atoms with Gasteiger partial charge in [-0.25, -0.2) is 0 Å². The Morgan fingerprint density at radius 2 is 2.05 bits per heavy atom. The van der Waals surface area contributed by atoms with Crippen molar-refractivity contribution < 1.29 is 4.74 Å². The molecule has 0 amide bonds. The SMILES string of the molecule is COCCCNc1nncc(Nc2ccc(Cl)cc2)n1. The number of methoxy groups -OCH3 is 1. The minimum atomic E-state index is 0.486. The Balaban J connectivity index is 1.93. The van der Waals surface area contributed by atoms with Crippen LogP contribution in [-0.2, 0) is 4.74 Å². The predicted molar refractivity (Wildman–Crippen MR) is 79.5 cm³/mol. The van der Waals surface area contributed by atoms with Crippen molar-refractivity contribution in [1.82, 2.24) is 15.2 Å². The van der Waals surface area contributed by atoms with Gasteiger partial charge in [0, 0.05) is 31.0 Å². The van der Waals surface area contributed by atoms with E-state index < -0.39 is 0 Å². The molecule has 6 nitrogen and oxygen atoms in total. The number of anilines is 3. The van der Waals surface area contributed by atoms with E-state index in [1.807, 2.05) is 24.3 Å². The van der Waals surface area contributed by atoms with Gasteiger partial charge in [-0.2, -0.15) is 10.1 Å². The molecule has 0 spiro atoms. The number of ether oxygens (including phenoxy) is 1. The van der Waals surface area contributed by atoms with Gasteiger partial charge in [-0.3, -0.25) is 0 Å². The van der Waals surface area contributed by atoms with Gasteiger partial charge in [0.05, 0.1) is 6.20 Å². The van der Waals surface area contributed by atoms with Crippen LogP contribution in [0.15, 0.2) is 30.5 Å². The zero-order valence-electron chi connectivity index (χ0n) is 11.1. The lowest BCUT2D eigenvalue weighted by Gasteiger charge is -2.07. The Morgan fingerprint density at radius 3 is 2.80 bits per heavy atom. The predicted octanol–water partition coefficient (Wildman–Crippen LogP) is 2.72. The molecule has 0 aliphatic heterocycles. The molecule has 0 saturated heterocycles. The number of nitrogens with zero attached hydrogens (tertiary/aromatic N) is 3. The van der Waals surface area contributed by atoms with Crippen LogP contribution in [0.25, 0.3) is 0 Å². The average molecular weight is 294 g/mol. The van der Waals surface area contributed by atoms with E-state index in [4.69, 9.17) is 16.3 Å². The largest absolute Gasteiger partial charge is 0.385 e. The second kappa shape index (κ2) is 7.62. The summed E-state index contributed by atoms with van der Waals surface area (Å²) < 4.78 is 4.97. The van der Waals surface area contributed by atoms with Crippen LogP contribution in [0, 0.1) is 0 Å². The molecule has 0 fully saturated rings. The highest BCUT2D eigenvalue weighted by Crippen LogP contribution is 2.17. The first-order chi connectivity index (χ1) is 9.78. The molecule has 0 aliphatic carbocycles. The Morgan fingerprint density at radius 1 is 1.25 bits per heavy atom. The highest BCUT2D eigenvalue weighted by atomic mass is 35.5. The van der Waals surface area contributed by atoms with E-state index in [1.54, 1.807) is 13.3 Å². The Hall–Kier alpha value is -1.92. The Kier molecular flexibility index (Phi) is 5.52. The van der Waals surface area contributed by atoms with E-state index in [-0.39, 0.29) is 0 Å². The van der Waals surface area contributed by atoms with Crippen molar-refractivity contribution in [2.75, 3.05) is 30.9 Å². The summed E-state index contributed by atoms with van der Waals surface area (Å²) in [4.78, 5) is 4.32. The van der Waals surface area contributed by atoms with Gasteiger partial charge < -0.3 is 15.4 Å². The molecule has 1 aromatic heterocycles. The van der Waals surface area contributed by atoms with Gasteiger partial charge >= 0.3 is 0 Å². The van der Waals surface area contributed by atoms with Crippen molar-refractivity contribution >= 4 is 29.1 Å². The number of benzene rings is 1. The maximum atomic E-state index is 5.84. The molecule has 7 heteroatoms. The fourth-order valence-corrected chi connectivity index (χ4v) is 1.66. The summed E-state index contributed by atoms with van der Waals surface area (Å²) in [6, 6.07) is 7.36. The molecule has 0 atom stereocenters. The van der Waals surface area contributed by atoms with Crippen molar-refractivity contribution in [3.8, 4) is 0 Å². The molecular formula is C13H16ClN5O. The standard InChI is InChI=1S/C13H16ClN5O/c1-20-8-2-7-15-13-18-12(9-16-19-13)17-11-5-3-10(14)4-6-11/h3-6,9H,2,7-8H2,1H3,(H2,15,17,18,19). The summed E-state index contributed by atoms with van der Waals surface area (Å²) in [5, 5.41) is 14.7. The zero-order chi connectivity index (χ0) is 14.2. The Bertz CT molecular complexity index is 535. The van der Waals surface area contributed by atoms with Crippen LogP contribution < -0.4 is 10.6 Å². The summed E-state index contributed by atoms with van der Waals surface area (Å²) in [7, 11) is 1.68. The van der Waals surface area contributed by atoms with E-state index in [0.717, 1.165) is 18.7 Å². The van der Waals surface area contributed by atoms with Crippen molar-refractivity contribution in [1.29, 1.82) is 0 Å². The fraction of sp³-hybridized carbons (Fsp3) is 0.308. The van der Waals surface area contributed by atoms with E-state index in [9.17, 15) is 0 Å². The number of hydrogen-bond acceptors (Lipinski definition) is 6. The highest BCUT2D eigenvalue weighted by Gasteiger charge is 2.01. The molecule has 0 aliphatic rings. The van der Waals surface area contributed by atoms with Crippen LogP contribution in [-0.4, -0.2) is 35.4 Å². The summed E-state index contributed by atoms with van der Waals surface area (Å²) in [6.45, 7) is 1.43. The quantitative estimate of drug-likeness (QED) is 0.765. The lowest BCUT2D eigenvalue weighted by atomic mass is 10.3. The van der Waals surface area contributed by atoms with E-state index in [0.29, 0.717) is 23.4 Å². The van der Waals surface area contributed by atoms with Crippen LogP contribution in [0.5, 0.6) is 0 Å². The number of halogens is 1. The van der Waals surface area contributed by atoms with Crippen LogP contribution in [0.4, 0.5) is 17.5 Å². The maximum absolute atomic E-state index is 5.84. The molecule has 0 unspecified atom stereocenters. The van der Waals surface area contributed by atoms with Gasteiger partial charge in [0.25, 0.3) is 0 Å². The first-order valence-corrected chi connectivity index (χ1v) is 6.61. The lowest BCUT2D eigenvalue weighted by Crippen LogP contribution is -2.09. The first kappa shape index (κ1) is 14.5. The first-order valence-electron chi connectivity index (χ1n) is 6.23. The number of hydrogen-bond donors (Lipinski definition) is 2. The fourth-order valence-electron chi connectivity index (χ4n) is 1.54. The number of nitrogens with one attached hydrogen (secondary N) is 2. The highest BCUT2D eigenvalue weighted by molar-refractivity contribution is 6.30. The second-order valence-electron chi connectivity index (χ2n) is 4.07.